The number of carbonyl (C=O) groups is 1. The van der Waals surface area contributed by atoms with Gasteiger partial charge in [0.15, 0.2) is 0 Å². The van der Waals surface area contributed by atoms with Gasteiger partial charge < -0.3 is 10.1 Å². The summed E-state index contributed by atoms with van der Waals surface area (Å²) in [7, 11) is 0. The Kier molecular flexibility index (Phi) is 21.4. The number of hydrogen-bond acceptors (Lipinski definition) is 4. The lowest BCUT2D eigenvalue weighted by Crippen LogP contribution is -2.39. The summed E-state index contributed by atoms with van der Waals surface area (Å²) in [6, 6.07) is 0. The molecule has 1 saturated carbocycles. The molecule has 0 aliphatic heterocycles. The molecule has 40 heavy (non-hydrogen) atoms. The van der Waals surface area contributed by atoms with Gasteiger partial charge in [0.2, 0.25) is 10.8 Å². The highest BCUT2D eigenvalue weighted by Crippen LogP contribution is 2.26. The van der Waals surface area contributed by atoms with Crippen LogP contribution in [0.15, 0.2) is 5.11 Å². The molecule has 1 aliphatic rings. The third-order valence-corrected chi connectivity index (χ3v) is 9.02. The zero-order valence-corrected chi connectivity index (χ0v) is 27.2. The standard InChI is InChI=1S/C34H66N4O2/c1-33(2,27-30-40-34(3,4)26-29-37-38-35)32(39)36-28-22-21-25-31-23-19-17-15-13-11-9-7-5-6-8-10-12-14-16-18-20-24-31/h31,35H,5-30H2,1-4H3/p+1. The molecule has 0 aromatic carbocycles. The van der Waals surface area contributed by atoms with E-state index in [-0.39, 0.29) is 11.5 Å². The zero-order valence-electron chi connectivity index (χ0n) is 27.2. The van der Waals surface area contributed by atoms with E-state index in [1.807, 2.05) is 27.7 Å². The molecule has 1 fully saturated rings. The summed E-state index contributed by atoms with van der Waals surface area (Å²) in [6.07, 6.45) is 30.8. The van der Waals surface area contributed by atoms with E-state index in [1.54, 1.807) is 0 Å². The molecule has 0 radical (unpaired) electrons. The summed E-state index contributed by atoms with van der Waals surface area (Å²) in [5.74, 6) is 1.00. The van der Waals surface area contributed by atoms with Gasteiger partial charge in [0.1, 0.15) is 17.2 Å². The molecule has 0 aromatic rings. The van der Waals surface area contributed by atoms with Gasteiger partial charge in [0.25, 0.3) is 0 Å². The predicted octanol–water partition coefficient (Wildman–Crippen LogP) is 10.1. The first kappa shape index (κ1) is 36.8. The Labute approximate surface area is 248 Å². The Balaban J connectivity index is 2.30. The number of nitrogens with one attached hydrogen (secondary N) is 2. The van der Waals surface area contributed by atoms with Crippen molar-refractivity contribution in [3.63, 3.8) is 0 Å². The van der Waals surface area contributed by atoms with Gasteiger partial charge in [-0.15, -0.1) is 0 Å². The zero-order chi connectivity index (χ0) is 29.4. The second-order valence-corrected chi connectivity index (χ2v) is 13.8. The molecular formula is C34H67N4O2+. The first-order valence-electron chi connectivity index (χ1n) is 17.2. The molecule has 6 heteroatoms. The van der Waals surface area contributed by atoms with Crippen LogP contribution in [0.2, 0.25) is 0 Å². The van der Waals surface area contributed by atoms with Crippen molar-refractivity contribution in [2.45, 2.75) is 181 Å². The lowest BCUT2D eigenvalue weighted by molar-refractivity contribution is -0.131. The summed E-state index contributed by atoms with van der Waals surface area (Å²) >= 11 is 0. The number of hydrogen-bond donors (Lipinski definition) is 2. The van der Waals surface area contributed by atoms with Gasteiger partial charge in [-0.1, -0.05) is 142 Å². The Morgan fingerprint density at radius 2 is 1.25 bits per heavy atom. The van der Waals surface area contributed by atoms with Crippen LogP contribution in [0, 0.1) is 16.9 Å². The van der Waals surface area contributed by atoms with Gasteiger partial charge in [-0.25, -0.2) is 0 Å². The fraction of sp³-hybridized carbons (Fsp3) is 0.971. The highest BCUT2D eigenvalue weighted by molar-refractivity contribution is 5.81. The topological polar surface area (TPSA) is 88.6 Å². The van der Waals surface area contributed by atoms with E-state index in [9.17, 15) is 4.79 Å². The normalized spacial score (nSPS) is 18.6. The number of carbonyl (C=O) groups excluding carboxylic acids is 1. The molecule has 2 N–H and O–H groups in total. The van der Waals surface area contributed by atoms with Gasteiger partial charge in [0, 0.05) is 25.0 Å². The van der Waals surface area contributed by atoms with Crippen molar-refractivity contribution >= 4 is 5.91 Å². The molecule has 0 atom stereocenters. The largest absolute Gasteiger partial charge is 0.375 e. The summed E-state index contributed by atoms with van der Waals surface area (Å²) < 4.78 is 6.02. The van der Waals surface area contributed by atoms with Crippen LogP contribution in [0.5, 0.6) is 0 Å². The number of amides is 1. The quantitative estimate of drug-likeness (QED) is 0.133. The smallest absolute Gasteiger partial charge is 0.225 e. The average molecular weight is 564 g/mol. The van der Waals surface area contributed by atoms with Gasteiger partial charge in [-0.05, 0) is 32.6 Å². The molecule has 1 amide bonds. The van der Waals surface area contributed by atoms with Crippen LogP contribution in [-0.2, 0) is 9.53 Å². The molecular weight excluding hydrogens is 496 g/mol. The maximum absolute atomic E-state index is 12.9. The highest BCUT2D eigenvalue weighted by atomic mass is 16.5. The summed E-state index contributed by atoms with van der Waals surface area (Å²) in [4.78, 5) is 15.9. The Morgan fingerprint density at radius 1 is 0.775 bits per heavy atom. The fourth-order valence-corrected chi connectivity index (χ4v) is 5.91. The van der Waals surface area contributed by atoms with Crippen LogP contribution in [-0.4, -0.2) is 31.2 Å². The van der Waals surface area contributed by atoms with Crippen molar-refractivity contribution in [2.24, 2.45) is 16.4 Å². The molecule has 6 nitrogen and oxygen atoms in total. The van der Waals surface area contributed by atoms with Crippen molar-refractivity contribution in [3.05, 3.63) is 0 Å². The van der Waals surface area contributed by atoms with Crippen molar-refractivity contribution in [2.75, 3.05) is 19.7 Å². The minimum absolute atomic E-state index is 0.129. The summed E-state index contributed by atoms with van der Waals surface area (Å²) in [6.45, 7) is 9.87. The predicted molar refractivity (Wildman–Crippen MR) is 169 cm³/mol. The SMILES string of the molecule is CC(C)(CCN=[N+]=N)OCCC(C)(C)C(=O)NCCCCC1CCCCCCCCCCCCCCCCCC1. The van der Waals surface area contributed by atoms with Crippen molar-refractivity contribution in [3.8, 4) is 0 Å². The van der Waals surface area contributed by atoms with E-state index in [0.717, 1.165) is 18.9 Å². The van der Waals surface area contributed by atoms with Crippen LogP contribution in [0.3, 0.4) is 0 Å². The number of nitrogens with zero attached hydrogens (tertiary/aromatic N) is 2. The van der Waals surface area contributed by atoms with E-state index in [0.29, 0.717) is 26.0 Å². The number of ether oxygens (including phenoxy) is 1. The molecule has 0 spiro atoms. The molecule has 0 unspecified atom stereocenters. The van der Waals surface area contributed by atoms with Crippen LogP contribution >= 0.6 is 0 Å². The van der Waals surface area contributed by atoms with Gasteiger partial charge in [0.05, 0.1) is 5.60 Å². The first-order valence-corrected chi connectivity index (χ1v) is 17.2. The van der Waals surface area contributed by atoms with Gasteiger partial charge >= 0.3 is 0 Å². The Bertz CT molecular complexity index is 653. The van der Waals surface area contributed by atoms with Crippen molar-refractivity contribution < 1.29 is 9.53 Å². The minimum Gasteiger partial charge on any atom is -0.375 e. The van der Waals surface area contributed by atoms with E-state index < -0.39 is 5.41 Å². The van der Waals surface area contributed by atoms with E-state index in [4.69, 9.17) is 10.3 Å². The second-order valence-electron chi connectivity index (χ2n) is 13.8. The van der Waals surface area contributed by atoms with E-state index in [1.165, 1.54) is 128 Å². The molecule has 0 heterocycles. The molecule has 1 aliphatic carbocycles. The van der Waals surface area contributed by atoms with Crippen molar-refractivity contribution in [1.29, 1.82) is 5.53 Å². The Morgan fingerprint density at radius 3 is 1.73 bits per heavy atom. The first-order chi connectivity index (χ1) is 19.3. The maximum Gasteiger partial charge on any atom is 0.225 e. The Hall–Kier alpha value is -1.26. The molecule has 1 rings (SSSR count). The lowest BCUT2D eigenvalue weighted by Gasteiger charge is -2.28. The van der Waals surface area contributed by atoms with Crippen LogP contribution in [0.25, 0.3) is 0 Å². The van der Waals surface area contributed by atoms with Gasteiger partial charge in [-0.2, -0.15) is 0 Å². The lowest BCUT2D eigenvalue weighted by atomic mass is 9.88. The monoisotopic (exact) mass is 564 g/mol. The van der Waals surface area contributed by atoms with Crippen molar-refractivity contribution in [1.82, 2.24) is 10.2 Å². The average Bonchev–Trinajstić information content (AvgIpc) is 2.91. The second kappa shape index (κ2) is 23.3. The minimum atomic E-state index is -0.447. The molecule has 234 valence electrons. The molecule has 0 aromatic heterocycles. The summed E-state index contributed by atoms with van der Waals surface area (Å²) in [5.41, 5.74) is 5.99. The number of unbranched alkanes of at least 4 members (excludes halogenated alkanes) is 1. The summed E-state index contributed by atoms with van der Waals surface area (Å²) in [5, 5.41) is 6.91. The van der Waals surface area contributed by atoms with E-state index in [2.05, 4.69) is 15.3 Å². The highest BCUT2D eigenvalue weighted by Gasteiger charge is 2.28. The molecule has 0 bridgehead atoms. The van der Waals surface area contributed by atoms with Crippen LogP contribution in [0.1, 0.15) is 175 Å². The van der Waals surface area contributed by atoms with Crippen LogP contribution < -0.4 is 10.2 Å². The fourth-order valence-electron chi connectivity index (χ4n) is 5.91. The third-order valence-electron chi connectivity index (χ3n) is 9.02. The third kappa shape index (κ3) is 20.6. The van der Waals surface area contributed by atoms with Crippen LogP contribution in [0.4, 0.5) is 0 Å². The molecule has 0 saturated heterocycles. The number of rotatable bonds is 13. The van der Waals surface area contributed by atoms with E-state index >= 15 is 0 Å². The van der Waals surface area contributed by atoms with Gasteiger partial charge in [-0.3, -0.25) is 4.79 Å². The maximum atomic E-state index is 12.9.